The van der Waals surface area contributed by atoms with Crippen LogP contribution in [0.25, 0.3) is 0 Å². The number of piperidine rings is 1. The van der Waals surface area contributed by atoms with Gasteiger partial charge in [-0.25, -0.2) is 0 Å². The summed E-state index contributed by atoms with van der Waals surface area (Å²) in [5.41, 5.74) is -0.701. The molecular formula is C24H45N3O2. The minimum Gasteiger partial charge on any atom is -0.326 e. The van der Waals surface area contributed by atoms with Gasteiger partial charge in [0.15, 0.2) is 0 Å². The molecular weight excluding hydrogens is 362 g/mol. The molecule has 1 N–H and O–H groups in total. The third-order valence-electron chi connectivity index (χ3n) is 6.53. The Morgan fingerprint density at radius 3 is 2.14 bits per heavy atom. The smallest absolute Gasteiger partial charge is 0.240 e. The molecule has 2 rings (SSSR count). The fourth-order valence-corrected chi connectivity index (χ4v) is 5.38. The van der Waals surface area contributed by atoms with Gasteiger partial charge in [0.1, 0.15) is 11.8 Å². The molecule has 0 spiro atoms. The van der Waals surface area contributed by atoms with Crippen LogP contribution in [0.2, 0.25) is 0 Å². The molecule has 2 aliphatic rings. The second kappa shape index (κ2) is 10.9. The first-order valence-electron chi connectivity index (χ1n) is 11.9. The Balaban J connectivity index is 2.14. The molecule has 2 atom stereocenters. The fraction of sp³-hybridized carbons (Fsp3) is 0.917. The first kappa shape index (κ1) is 24.3. The van der Waals surface area contributed by atoms with Gasteiger partial charge >= 0.3 is 0 Å². The predicted octanol–water partition coefficient (Wildman–Crippen LogP) is 3.57. The molecule has 0 unspecified atom stereocenters. The summed E-state index contributed by atoms with van der Waals surface area (Å²) in [4.78, 5) is 30.3. The first-order chi connectivity index (χ1) is 13.7. The summed E-state index contributed by atoms with van der Waals surface area (Å²) >= 11 is 0. The number of rotatable bonds is 10. The largest absolute Gasteiger partial charge is 0.326 e. The maximum Gasteiger partial charge on any atom is 0.240 e. The van der Waals surface area contributed by atoms with E-state index in [2.05, 4.69) is 51.8 Å². The van der Waals surface area contributed by atoms with E-state index < -0.39 is 5.54 Å². The molecule has 0 aromatic rings. The monoisotopic (exact) mass is 407 g/mol. The summed E-state index contributed by atoms with van der Waals surface area (Å²) in [5, 5.41) is 3.39. The molecule has 0 aromatic heterocycles. The SMILES string of the molecule is CC(C)CC1CCN(C[C@@](C=O)(CC(C)C)N2CCN[C@@H](CC(C)C)C2=O)CC1. The number of hydrogen-bond acceptors (Lipinski definition) is 4. The van der Waals surface area contributed by atoms with E-state index in [1.165, 1.54) is 19.3 Å². The molecule has 1 amide bonds. The third-order valence-corrected chi connectivity index (χ3v) is 6.53. The summed E-state index contributed by atoms with van der Waals surface area (Å²) < 4.78 is 0. The van der Waals surface area contributed by atoms with E-state index in [0.717, 1.165) is 50.6 Å². The maximum absolute atomic E-state index is 13.3. The summed E-state index contributed by atoms with van der Waals surface area (Å²) in [6.45, 7) is 17.4. The fourth-order valence-electron chi connectivity index (χ4n) is 5.38. The van der Waals surface area contributed by atoms with Crippen molar-refractivity contribution in [3.63, 3.8) is 0 Å². The molecule has 2 aliphatic heterocycles. The summed E-state index contributed by atoms with van der Waals surface area (Å²) in [7, 11) is 0. The van der Waals surface area contributed by atoms with Crippen molar-refractivity contribution in [1.29, 1.82) is 0 Å². The number of piperazine rings is 1. The van der Waals surface area contributed by atoms with Crippen LogP contribution >= 0.6 is 0 Å². The lowest BCUT2D eigenvalue weighted by Gasteiger charge is -2.48. The van der Waals surface area contributed by atoms with Crippen molar-refractivity contribution in [3.05, 3.63) is 0 Å². The average Bonchev–Trinajstić information content (AvgIpc) is 2.63. The van der Waals surface area contributed by atoms with Gasteiger partial charge in [-0.3, -0.25) is 4.79 Å². The molecule has 0 saturated carbocycles. The molecule has 29 heavy (non-hydrogen) atoms. The van der Waals surface area contributed by atoms with Gasteiger partial charge in [-0.1, -0.05) is 41.5 Å². The van der Waals surface area contributed by atoms with Crippen molar-refractivity contribution in [3.8, 4) is 0 Å². The number of carbonyl (C=O) groups excluding carboxylic acids is 2. The minimum atomic E-state index is -0.701. The number of likely N-dealkylation sites (tertiary alicyclic amines) is 1. The van der Waals surface area contributed by atoms with Crippen LogP contribution in [-0.2, 0) is 9.59 Å². The van der Waals surface area contributed by atoms with E-state index in [1.807, 2.05) is 4.90 Å². The van der Waals surface area contributed by atoms with Crippen LogP contribution < -0.4 is 5.32 Å². The molecule has 5 nitrogen and oxygen atoms in total. The Morgan fingerprint density at radius 1 is 1.00 bits per heavy atom. The van der Waals surface area contributed by atoms with E-state index in [1.54, 1.807) is 0 Å². The van der Waals surface area contributed by atoms with E-state index >= 15 is 0 Å². The van der Waals surface area contributed by atoms with Crippen LogP contribution in [0.15, 0.2) is 0 Å². The zero-order valence-electron chi connectivity index (χ0n) is 19.7. The lowest BCUT2D eigenvalue weighted by molar-refractivity contribution is -0.149. The van der Waals surface area contributed by atoms with Gasteiger partial charge in [0.25, 0.3) is 0 Å². The van der Waals surface area contributed by atoms with E-state index in [-0.39, 0.29) is 11.9 Å². The number of hydrogen-bond donors (Lipinski definition) is 1. The third kappa shape index (κ3) is 6.78. The highest BCUT2D eigenvalue weighted by Gasteiger charge is 2.45. The molecule has 168 valence electrons. The molecule has 0 radical (unpaired) electrons. The lowest BCUT2D eigenvalue weighted by Crippen LogP contribution is -2.67. The number of nitrogens with zero attached hydrogens (tertiary/aromatic N) is 2. The summed E-state index contributed by atoms with van der Waals surface area (Å²) in [6, 6.07) is -0.160. The molecule has 5 heteroatoms. The van der Waals surface area contributed by atoms with Crippen LogP contribution in [0.5, 0.6) is 0 Å². The number of amides is 1. The molecule has 0 bridgehead atoms. The second-order valence-electron chi connectivity index (χ2n) is 10.8. The van der Waals surface area contributed by atoms with Gasteiger partial charge in [0.2, 0.25) is 5.91 Å². The normalized spacial score (nSPS) is 24.5. The Bertz CT molecular complexity index is 526. The zero-order valence-corrected chi connectivity index (χ0v) is 19.7. The van der Waals surface area contributed by atoms with Gasteiger partial charge in [-0.2, -0.15) is 0 Å². The van der Waals surface area contributed by atoms with Crippen molar-refractivity contribution in [2.75, 3.05) is 32.7 Å². The zero-order chi connectivity index (χ0) is 21.6. The van der Waals surface area contributed by atoms with Crippen LogP contribution in [0.3, 0.4) is 0 Å². The van der Waals surface area contributed by atoms with Gasteiger partial charge in [-0.15, -0.1) is 0 Å². The molecule has 2 heterocycles. The molecule has 0 aliphatic carbocycles. The molecule has 0 aromatic carbocycles. The standard InChI is InChI=1S/C24H45N3O2/c1-18(2)13-21-7-10-26(11-8-21)16-24(17-28,15-20(5)6)27-12-9-25-22(23(27)29)14-19(3)4/h17-22,25H,7-16H2,1-6H3/t22-,24+/m0/s1. The highest BCUT2D eigenvalue weighted by atomic mass is 16.2. The second-order valence-corrected chi connectivity index (χ2v) is 10.8. The highest BCUT2D eigenvalue weighted by Crippen LogP contribution is 2.30. The maximum atomic E-state index is 13.3. The highest BCUT2D eigenvalue weighted by molar-refractivity contribution is 5.87. The van der Waals surface area contributed by atoms with Crippen molar-refractivity contribution in [2.24, 2.45) is 23.7 Å². The van der Waals surface area contributed by atoms with Crippen LogP contribution in [0, 0.1) is 23.7 Å². The van der Waals surface area contributed by atoms with Crippen LogP contribution in [0.1, 0.15) is 73.6 Å². The lowest BCUT2D eigenvalue weighted by atomic mass is 9.84. The van der Waals surface area contributed by atoms with E-state index in [4.69, 9.17) is 0 Å². The Kier molecular flexibility index (Phi) is 9.15. The summed E-state index contributed by atoms with van der Waals surface area (Å²) in [5.74, 6) is 2.49. The Hall–Kier alpha value is -0.940. The van der Waals surface area contributed by atoms with E-state index in [9.17, 15) is 9.59 Å². The molecule has 2 saturated heterocycles. The Morgan fingerprint density at radius 2 is 1.62 bits per heavy atom. The summed E-state index contributed by atoms with van der Waals surface area (Å²) in [6.07, 6.45) is 6.38. The molecule has 2 fully saturated rings. The van der Waals surface area contributed by atoms with E-state index in [0.29, 0.717) is 24.9 Å². The van der Waals surface area contributed by atoms with Crippen LogP contribution in [0.4, 0.5) is 0 Å². The average molecular weight is 408 g/mol. The van der Waals surface area contributed by atoms with Crippen LogP contribution in [-0.4, -0.2) is 66.3 Å². The Labute approximate surface area is 179 Å². The van der Waals surface area contributed by atoms with Gasteiger partial charge in [0, 0.05) is 19.6 Å². The number of nitrogens with one attached hydrogen (secondary N) is 1. The van der Waals surface area contributed by atoms with Crippen molar-refractivity contribution < 1.29 is 9.59 Å². The quantitative estimate of drug-likeness (QED) is 0.563. The first-order valence-corrected chi connectivity index (χ1v) is 11.9. The number of aldehydes is 1. The topological polar surface area (TPSA) is 52.7 Å². The van der Waals surface area contributed by atoms with Crippen molar-refractivity contribution in [2.45, 2.75) is 85.2 Å². The van der Waals surface area contributed by atoms with Crippen molar-refractivity contribution >= 4 is 12.2 Å². The predicted molar refractivity (Wildman–Crippen MR) is 120 cm³/mol. The van der Waals surface area contributed by atoms with Crippen molar-refractivity contribution in [1.82, 2.24) is 15.1 Å². The van der Waals surface area contributed by atoms with Gasteiger partial charge in [0.05, 0.1) is 6.04 Å². The minimum absolute atomic E-state index is 0.118. The van der Waals surface area contributed by atoms with Gasteiger partial charge in [-0.05, 0) is 68.9 Å². The number of carbonyl (C=O) groups is 2. The van der Waals surface area contributed by atoms with Gasteiger partial charge < -0.3 is 19.9 Å².